The molecule has 40 heavy (non-hydrogen) atoms. The highest BCUT2D eigenvalue weighted by atomic mass is 16.5. The number of ether oxygens (including phenoxy) is 2. The summed E-state index contributed by atoms with van der Waals surface area (Å²) >= 11 is 0. The van der Waals surface area contributed by atoms with E-state index in [0.29, 0.717) is 35.8 Å². The number of carbonyl (C=O) groups is 2. The third-order valence-corrected chi connectivity index (χ3v) is 7.47. The summed E-state index contributed by atoms with van der Waals surface area (Å²) in [5.41, 5.74) is 3.24. The third-order valence-electron chi connectivity index (χ3n) is 7.47. The number of nitrogens with zero attached hydrogens (tertiary/aromatic N) is 1. The zero-order valence-corrected chi connectivity index (χ0v) is 24.3. The Bertz CT molecular complexity index is 1400. The molecule has 0 atom stereocenters. The highest BCUT2D eigenvalue weighted by Gasteiger charge is 2.18. The zero-order valence-electron chi connectivity index (χ0n) is 24.3. The van der Waals surface area contributed by atoms with Gasteiger partial charge in [-0.1, -0.05) is 70.6 Å². The van der Waals surface area contributed by atoms with Crippen LogP contribution in [-0.4, -0.2) is 29.3 Å². The number of Topliss-reactive ketones (excluding diaryl/α,β-unsaturated/α-hetero) is 2. The van der Waals surface area contributed by atoms with Crippen molar-refractivity contribution in [2.24, 2.45) is 0 Å². The minimum absolute atomic E-state index is 0.187. The molecule has 0 aliphatic rings. The summed E-state index contributed by atoms with van der Waals surface area (Å²) in [5.74, 6) is 0.820. The fourth-order valence-corrected chi connectivity index (χ4v) is 5.25. The molecule has 1 heterocycles. The minimum Gasteiger partial charge on any atom is -0.493 e. The van der Waals surface area contributed by atoms with Crippen LogP contribution in [0, 0.1) is 0 Å². The van der Waals surface area contributed by atoms with Crippen LogP contribution >= 0.6 is 0 Å². The van der Waals surface area contributed by atoms with Crippen molar-refractivity contribution in [3.63, 3.8) is 0 Å². The molecule has 0 radical (unpaired) electrons. The number of carbonyl (C=O) groups excluding carboxylic acids is 2. The number of unbranched alkanes of at least 4 members (excludes halogenated alkanes) is 6. The second-order valence-electron chi connectivity index (χ2n) is 10.5. The Hall–Kier alpha value is -3.60. The summed E-state index contributed by atoms with van der Waals surface area (Å²) in [5, 5.41) is 2.15. The average Bonchev–Trinajstić information content (AvgIpc) is 3.29. The molecule has 4 aromatic rings. The van der Waals surface area contributed by atoms with Gasteiger partial charge in [-0.15, -0.1) is 0 Å². The monoisotopic (exact) mass is 541 g/mol. The molecule has 0 saturated heterocycles. The third kappa shape index (κ3) is 7.32. The van der Waals surface area contributed by atoms with Crippen molar-refractivity contribution < 1.29 is 19.1 Å². The van der Waals surface area contributed by atoms with Gasteiger partial charge in [-0.05, 0) is 56.2 Å². The highest BCUT2D eigenvalue weighted by molar-refractivity contribution is 6.16. The van der Waals surface area contributed by atoms with E-state index in [1.807, 2.05) is 36.4 Å². The summed E-state index contributed by atoms with van der Waals surface area (Å²) in [4.78, 5) is 26.7. The molecule has 5 nitrogen and oxygen atoms in total. The molecule has 0 aliphatic carbocycles. The van der Waals surface area contributed by atoms with Gasteiger partial charge in [-0.25, -0.2) is 0 Å². The fourth-order valence-electron chi connectivity index (χ4n) is 5.25. The van der Waals surface area contributed by atoms with Crippen molar-refractivity contribution in [3.8, 4) is 11.5 Å². The van der Waals surface area contributed by atoms with Crippen molar-refractivity contribution in [1.82, 2.24) is 4.57 Å². The lowest BCUT2D eigenvalue weighted by Gasteiger charge is -2.12. The van der Waals surface area contributed by atoms with Crippen molar-refractivity contribution in [3.05, 3.63) is 71.8 Å². The number of aromatic nitrogens is 1. The quantitative estimate of drug-likeness (QED) is 0.0759. The first-order chi connectivity index (χ1) is 19.5. The number of ketones is 2. The van der Waals surface area contributed by atoms with Crippen LogP contribution in [0.25, 0.3) is 21.8 Å². The fraction of sp³-hybridized carbons (Fsp3) is 0.429. The van der Waals surface area contributed by atoms with Gasteiger partial charge in [0.1, 0.15) is 11.5 Å². The normalized spacial score (nSPS) is 11.3. The standard InChI is InChI=1S/C35H43NO4/c1-4-7-9-13-19-39-28-21-27(22-29(24-28)40-20-14-10-8-5-2)35(38)25-34(37)26-17-18-33-31(23-26)30-15-11-12-16-32(30)36(33)6-3/h11-12,15-18,21-24H,4-10,13-14,19-20,25H2,1-3H3. The molecule has 0 N–H and O–H groups in total. The van der Waals surface area contributed by atoms with Gasteiger partial charge in [0, 0.05) is 45.5 Å². The van der Waals surface area contributed by atoms with E-state index in [1.54, 1.807) is 12.1 Å². The van der Waals surface area contributed by atoms with Crippen LogP contribution < -0.4 is 9.47 Å². The maximum Gasteiger partial charge on any atom is 0.170 e. The van der Waals surface area contributed by atoms with E-state index in [-0.39, 0.29) is 18.0 Å². The van der Waals surface area contributed by atoms with E-state index in [2.05, 4.69) is 37.5 Å². The summed E-state index contributed by atoms with van der Waals surface area (Å²) in [7, 11) is 0. The molecule has 1 aromatic heterocycles. The van der Waals surface area contributed by atoms with Gasteiger partial charge in [-0.2, -0.15) is 0 Å². The Labute approximate surface area is 238 Å². The van der Waals surface area contributed by atoms with Crippen LogP contribution in [0.2, 0.25) is 0 Å². The van der Waals surface area contributed by atoms with Crippen LogP contribution in [0.5, 0.6) is 11.5 Å². The number of hydrogen-bond acceptors (Lipinski definition) is 4. The van der Waals surface area contributed by atoms with E-state index >= 15 is 0 Å². The van der Waals surface area contributed by atoms with E-state index in [1.165, 1.54) is 25.7 Å². The van der Waals surface area contributed by atoms with Crippen LogP contribution in [-0.2, 0) is 6.54 Å². The maximum atomic E-state index is 13.4. The number of hydrogen-bond donors (Lipinski definition) is 0. The Morgan fingerprint density at radius 3 is 1.85 bits per heavy atom. The number of fused-ring (bicyclic) bond motifs is 3. The van der Waals surface area contributed by atoms with Crippen LogP contribution in [0.3, 0.4) is 0 Å². The molecular weight excluding hydrogens is 498 g/mol. The molecule has 0 amide bonds. The summed E-state index contributed by atoms with van der Waals surface area (Å²) in [6.45, 7) is 8.52. The largest absolute Gasteiger partial charge is 0.493 e. The van der Waals surface area contributed by atoms with Gasteiger partial charge < -0.3 is 14.0 Å². The summed E-state index contributed by atoms with van der Waals surface area (Å²) in [6, 6.07) is 19.3. The summed E-state index contributed by atoms with van der Waals surface area (Å²) in [6.07, 6.45) is 8.67. The van der Waals surface area contributed by atoms with E-state index < -0.39 is 0 Å². The lowest BCUT2D eigenvalue weighted by Crippen LogP contribution is -2.10. The first-order valence-corrected chi connectivity index (χ1v) is 15.0. The average molecular weight is 542 g/mol. The SMILES string of the molecule is CCCCCCOc1cc(OCCCCCC)cc(C(=O)CC(=O)c2ccc3c(c2)c2ccccc2n3CC)c1. The maximum absolute atomic E-state index is 13.4. The highest BCUT2D eigenvalue weighted by Crippen LogP contribution is 2.30. The second-order valence-corrected chi connectivity index (χ2v) is 10.5. The Kier molecular flexibility index (Phi) is 10.8. The molecule has 0 unspecified atom stereocenters. The van der Waals surface area contributed by atoms with Crippen molar-refractivity contribution >= 4 is 33.4 Å². The van der Waals surface area contributed by atoms with Gasteiger partial charge >= 0.3 is 0 Å². The molecule has 5 heteroatoms. The molecule has 0 saturated carbocycles. The molecule has 0 spiro atoms. The van der Waals surface area contributed by atoms with Crippen LogP contribution in [0.15, 0.2) is 60.7 Å². The first kappa shape index (κ1) is 29.4. The second kappa shape index (κ2) is 14.7. The van der Waals surface area contributed by atoms with E-state index in [9.17, 15) is 9.59 Å². The number of aryl methyl sites for hydroxylation is 1. The number of para-hydroxylation sites is 1. The van der Waals surface area contributed by atoms with E-state index in [0.717, 1.165) is 54.0 Å². The van der Waals surface area contributed by atoms with Crippen molar-refractivity contribution in [2.45, 2.75) is 85.1 Å². The lowest BCUT2D eigenvalue weighted by atomic mass is 9.99. The van der Waals surface area contributed by atoms with E-state index in [4.69, 9.17) is 9.47 Å². The first-order valence-electron chi connectivity index (χ1n) is 15.0. The molecule has 212 valence electrons. The van der Waals surface area contributed by atoms with Gasteiger partial charge in [0.05, 0.1) is 19.6 Å². The molecule has 0 bridgehead atoms. The molecule has 4 rings (SSSR count). The number of benzene rings is 3. The Balaban J connectivity index is 1.51. The van der Waals surface area contributed by atoms with Crippen molar-refractivity contribution in [2.75, 3.05) is 13.2 Å². The Morgan fingerprint density at radius 1 is 0.625 bits per heavy atom. The van der Waals surface area contributed by atoms with Gasteiger partial charge in [-0.3, -0.25) is 9.59 Å². The smallest absolute Gasteiger partial charge is 0.170 e. The predicted molar refractivity (Wildman–Crippen MR) is 164 cm³/mol. The zero-order chi connectivity index (χ0) is 28.3. The Morgan fingerprint density at radius 2 is 1.23 bits per heavy atom. The minimum atomic E-state index is -0.228. The summed E-state index contributed by atoms with van der Waals surface area (Å²) < 4.78 is 14.3. The van der Waals surface area contributed by atoms with Crippen molar-refractivity contribution in [1.29, 1.82) is 0 Å². The molecule has 0 aliphatic heterocycles. The molecular formula is C35H43NO4. The topological polar surface area (TPSA) is 57.5 Å². The van der Waals surface area contributed by atoms with Gasteiger partial charge in [0.15, 0.2) is 11.6 Å². The lowest BCUT2D eigenvalue weighted by molar-refractivity contribution is 0.0893. The van der Waals surface area contributed by atoms with Crippen LogP contribution in [0.1, 0.15) is 99.3 Å². The van der Waals surface area contributed by atoms with Gasteiger partial charge in [0.25, 0.3) is 0 Å². The molecule has 0 fully saturated rings. The van der Waals surface area contributed by atoms with Crippen LogP contribution in [0.4, 0.5) is 0 Å². The molecule has 3 aromatic carbocycles. The van der Waals surface area contributed by atoms with Gasteiger partial charge in [0.2, 0.25) is 0 Å². The predicted octanol–water partition coefficient (Wildman–Crippen LogP) is 9.19. The number of rotatable bonds is 17.